The number of rotatable bonds is 3. The van der Waals surface area contributed by atoms with Crippen LogP contribution in [0.5, 0.6) is 0 Å². The molecule has 18 heavy (non-hydrogen) atoms. The van der Waals surface area contributed by atoms with E-state index in [0.29, 0.717) is 0 Å². The van der Waals surface area contributed by atoms with Crippen LogP contribution in [0.4, 0.5) is 0 Å². The lowest BCUT2D eigenvalue weighted by Gasteiger charge is -2.30. The predicted molar refractivity (Wildman–Crippen MR) is 75.4 cm³/mol. The molecule has 3 unspecified atom stereocenters. The highest BCUT2D eigenvalue weighted by molar-refractivity contribution is 5.15. The van der Waals surface area contributed by atoms with Crippen molar-refractivity contribution in [1.82, 2.24) is 10.2 Å². The van der Waals surface area contributed by atoms with Crippen molar-refractivity contribution in [2.45, 2.75) is 32.4 Å². The van der Waals surface area contributed by atoms with Crippen LogP contribution in [0.3, 0.4) is 0 Å². The molecular weight excluding hydrogens is 220 g/mol. The Labute approximate surface area is 110 Å². The van der Waals surface area contributed by atoms with Crippen LogP contribution in [-0.2, 0) is 6.54 Å². The summed E-state index contributed by atoms with van der Waals surface area (Å²) in [5.41, 5.74) is 1.46. The predicted octanol–water partition coefficient (Wildman–Crippen LogP) is 2.51. The maximum Gasteiger partial charge on any atom is 0.0236 e. The fourth-order valence-corrected chi connectivity index (χ4v) is 3.88. The molecule has 1 aromatic carbocycles. The highest BCUT2D eigenvalue weighted by atomic mass is 15.2. The Hall–Kier alpha value is -0.860. The van der Waals surface area contributed by atoms with E-state index >= 15 is 0 Å². The van der Waals surface area contributed by atoms with Gasteiger partial charge in [0.2, 0.25) is 0 Å². The summed E-state index contributed by atoms with van der Waals surface area (Å²) < 4.78 is 0. The number of fused-ring (bicyclic) bond motifs is 1. The molecule has 0 saturated carbocycles. The largest absolute Gasteiger partial charge is 0.316 e. The molecule has 2 heterocycles. The van der Waals surface area contributed by atoms with E-state index in [1.807, 2.05) is 0 Å². The number of hydrogen-bond acceptors (Lipinski definition) is 2. The normalized spacial score (nSPS) is 32.4. The fraction of sp³-hybridized carbons (Fsp3) is 0.625. The molecule has 0 amide bonds. The lowest BCUT2D eigenvalue weighted by atomic mass is 9.85. The molecule has 2 aliphatic heterocycles. The summed E-state index contributed by atoms with van der Waals surface area (Å²) >= 11 is 0. The SMILES string of the molecule is CCC1C2CNCCC2CN1Cc1ccccc1. The van der Waals surface area contributed by atoms with Gasteiger partial charge in [-0.05, 0) is 43.3 Å². The molecule has 0 aromatic heterocycles. The van der Waals surface area contributed by atoms with Gasteiger partial charge >= 0.3 is 0 Å². The van der Waals surface area contributed by atoms with Crippen molar-refractivity contribution in [2.24, 2.45) is 11.8 Å². The van der Waals surface area contributed by atoms with Gasteiger partial charge in [-0.25, -0.2) is 0 Å². The van der Waals surface area contributed by atoms with Crippen molar-refractivity contribution in [3.8, 4) is 0 Å². The molecule has 1 aromatic rings. The lowest BCUT2D eigenvalue weighted by molar-refractivity contribution is 0.205. The molecule has 2 aliphatic rings. The van der Waals surface area contributed by atoms with Gasteiger partial charge in [0.05, 0.1) is 0 Å². The molecule has 2 fully saturated rings. The van der Waals surface area contributed by atoms with Crippen LogP contribution in [0, 0.1) is 11.8 Å². The van der Waals surface area contributed by atoms with Crippen molar-refractivity contribution in [3.63, 3.8) is 0 Å². The van der Waals surface area contributed by atoms with E-state index in [9.17, 15) is 0 Å². The van der Waals surface area contributed by atoms with Crippen LogP contribution in [0.2, 0.25) is 0 Å². The summed E-state index contributed by atoms with van der Waals surface area (Å²) in [7, 11) is 0. The molecule has 0 aliphatic carbocycles. The first kappa shape index (κ1) is 12.2. The van der Waals surface area contributed by atoms with E-state index in [4.69, 9.17) is 0 Å². The van der Waals surface area contributed by atoms with Gasteiger partial charge in [0.15, 0.2) is 0 Å². The lowest BCUT2D eigenvalue weighted by Crippen LogP contribution is -2.40. The van der Waals surface area contributed by atoms with Gasteiger partial charge in [0.1, 0.15) is 0 Å². The zero-order valence-corrected chi connectivity index (χ0v) is 11.3. The van der Waals surface area contributed by atoms with Crippen LogP contribution < -0.4 is 5.32 Å². The second kappa shape index (κ2) is 5.41. The quantitative estimate of drug-likeness (QED) is 0.879. The van der Waals surface area contributed by atoms with Gasteiger partial charge in [-0.15, -0.1) is 0 Å². The highest BCUT2D eigenvalue weighted by Gasteiger charge is 2.41. The molecule has 0 radical (unpaired) electrons. The number of benzene rings is 1. The Bertz CT molecular complexity index is 376. The summed E-state index contributed by atoms with van der Waals surface area (Å²) in [6.45, 7) is 7.23. The van der Waals surface area contributed by atoms with Gasteiger partial charge in [0, 0.05) is 19.1 Å². The molecular formula is C16H24N2. The number of nitrogens with zero attached hydrogens (tertiary/aromatic N) is 1. The number of hydrogen-bond donors (Lipinski definition) is 1. The first-order chi connectivity index (χ1) is 8.88. The Morgan fingerprint density at radius 3 is 2.89 bits per heavy atom. The summed E-state index contributed by atoms with van der Waals surface area (Å²) in [4.78, 5) is 2.72. The third-order valence-corrected chi connectivity index (χ3v) is 4.76. The van der Waals surface area contributed by atoms with Gasteiger partial charge in [-0.2, -0.15) is 0 Å². The average Bonchev–Trinajstić information content (AvgIpc) is 2.77. The van der Waals surface area contributed by atoms with Crippen molar-refractivity contribution < 1.29 is 0 Å². The van der Waals surface area contributed by atoms with Crippen LogP contribution in [0.1, 0.15) is 25.3 Å². The molecule has 0 spiro atoms. The summed E-state index contributed by atoms with van der Waals surface area (Å²) in [5, 5.41) is 3.58. The Morgan fingerprint density at radius 1 is 1.28 bits per heavy atom. The van der Waals surface area contributed by atoms with Gasteiger partial charge in [-0.1, -0.05) is 37.3 Å². The summed E-state index contributed by atoms with van der Waals surface area (Å²) in [6.07, 6.45) is 2.65. The maximum atomic E-state index is 3.58. The van der Waals surface area contributed by atoms with Crippen LogP contribution in [0.25, 0.3) is 0 Å². The van der Waals surface area contributed by atoms with Gasteiger partial charge in [0.25, 0.3) is 0 Å². The van der Waals surface area contributed by atoms with E-state index in [1.165, 1.54) is 38.0 Å². The molecule has 2 heteroatoms. The van der Waals surface area contributed by atoms with Crippen molar-refractivity contribution >= 4 is 0 Å². The van der Waals surface area contributed by atoms with E-state index in [0.717, 1.165) is 24.4 Å². The van der Waals surface area contributed by atoms with E-state index in [-0.39, 0.29) is 0 Å². The highest BCUT2D eigenvalue weighted by Crippen LogP contribution is 2.36. The maximum absolute atomic E-state index is 3.58. The molecule has 3 rings (SSSR count). The summed E-state index contributed by atoms with van der Waals surface area (Å²) in [5.74, 6) is 1.81. The average molecular weight is 244 g/mol. The summed E-state index contributed by atoms with van der Waals surface area (Å²) in [6, 6.07) is 11.7. The smallest absolute Gasteiger partial charge is 0.0236 e. The fourth-order valence-electron chi connectivity index (χ4n) is 3.88. The Kier molecular flexibility index (Phi) is 3.67. The molecule has 1 N–H and O–H groups in total. The van der Waals surface area contributed by atoms with Crippen molar-refractivity contribution in [1.29, 1.82) is 0 Å². The molecule has 0 bridgehead atoms. The van der Waals surface area contributed by atoms with Gasteiger partial charge < -0.3 is 5.32 Å². The first-order valence-electron chi connectivity index (χ1n) is 7.37. The minimum absolute atomic E-state index is 0.781. The molecule has 2 saturated heterocycles. The number of piperidine rings is 1. The van der Waals surface area contributed by atoms with E-state index in [2.05, 4.69) is 47.5 Å². The minimum Gasteiger partial charge on any atom is -0.316 e. The standard InChI is InChI=1S/C16H24N2/c1-2-16-15-10-17-9-8-14(15)12-18(16)11-13-6-4-3-5-7-13/h3-7,14-17H,2,8-12H2,1H3. The van der Waals surface area contributed by atoms with Gasteiger partial charge in [-0.3, -0.25) is 4.90 Å². The van der Waals surface area contributed by atoms with E-state index in [1.54, 1.807) is 0 Å². The molecule has 3 atom stereocenters. The topological polar surface area (TPSA) is 15.3 Å². The van der Waals surface area contributed by atoms with Crippen LogP contribution in [0.15, 0.2) is 30.3 Å². The third-order valence-electron chi connectivity index (χ3n) is 4.76. The third kappa shape index (κ3) is 2.32. The number of nitrogens with one attached hydrogen (secondary N) is 1. The molecule has 98 valence electrons. The Morgan fingerprint density at radius 2 is 2.11 bits per heavy atom. The zero-order chi connectivity index (χ0) is 12.4. The second-order valence-corrected chi connectivity index (χ2v) is 5.81. The Balaban J connectivity index is 1.72. The monoisotopic (exact) mass is 244 g/mol. The van der Waals surface area contributed by atoms with Crippen molar-refractivity contribution in [2.75, 3.05) is 19.6 Å². The van der Waals surface area contributed by atoms with E-state index < -0.39 is 0 Å². The molecule has 2 nitrogen and oxygen atoms in total. The second-order valence-electron chi connectivity index (χ2n) is 5.81. The van der Waals surface area contributed by atoms with Crippen LogP contribution in [-0.4, -0.2) is 30.6 Å². The number of likely N-dealkylation sites (tertiary alicyclic amines) is 1. The van der Waals surface area contributed by atoms with Crippen molar-refractivity contribution in [3.05, 3.63) is 35.9 Å². The zero-order valence-electron chi connectivity index (χ0n) is 11.3. The first-order valence-corrected chi connectivity index (χ1v) is 7.37. The minimum atomic E-state index is 0.781. The van der Waals surface area contributed by atoms with Crippen LogP contribution >= 0.6 is 0 Å².